The summed E-state index contributed by atoms with van der Waals surface area (Å²) in [5.74, 6) is 0. The van der Waals surface area contributed by atoms with Crippen LogP contribution in [0.3, 0.4) is 0 Å². The third-order valence-electron chi connectivity index (χ3n) is 3.60. The maximum absolute atomic E-state index is 13.6. The molecule has 0 fully saturated rings. The first-order chi connectivity index (χ1) is 13.3. The van der Waals surface area contributed by atoms with Crippen molar-refractivity contribution in [2.24, 2.45) is 0 Å². The molecule has 2 rings (SSSR count). The number of pyridine rings is 1. The van der Waals surface area contributed by atoms with Crippen LogP contribution in [-0.2, 0) is 23.4 Å². The van der Waals surface area contributed by atoms with Gasteiger partial charge in [-0.25, -0.2) is 0 Å². The lowest BCUT2D eigenvalue weighted by molar-refractivity contribution is -0.593. The maximum Gasteiger partial charge on any atom is 0.413 e. The smallest absolute Gasteiger partial charge is 0.413 e. The molecule has 1 unspecified atom stereocenters. The third kappa shape index (κ3) is 5.58. The van der Waals surface area contributed by atoms with Gasteiger partial charge < -0.3 is 9.73 Å². The quantitative estimate of drug-likeness (QED) is 0.242. The Morgan fingerprint density at radius 3 is 2.31 bits per heavy atom. The number of nitrogens with zero attached hydrogens (tertiary/aromatic N) is 1. The average Bonchev–Trinajstić information content (AvgIpc) is 2.63. The standard InChI is InChI=1S/C16H16BrF3NO6PS/c1-3-26-28(23,15-9-12(17)8-11(2)21(15)22)13-4-6-14(7-5-13)29(24,25)27-10-16(18,19)20/h4-9H,3,10H2,1-2H3. The van der Waals surface area contributed by atoms with Gasteiger partial charge in [-0.15, -0.1) is 0 Å². The van der Waals surface area contributed by atoms with Crippen molar-refractivity contribution in [3.63, 3.8) is 0 Å². The predicted molar refractivity (Wildman–Crippen MR) is 102 cm³/mol. The molecule has 0 spiro atoms. The Bertz CT molecular complexity index is 1040. The van der Waals surface area contributed by atoms with Gasteiger partial charge in [-0.2, -0.15) is 26.3 Å². The Morgan fingerprint density at radius 2 is 1.79 bits per heavy atom. The molecule has 160 valence electrons. The van der Waals surface area contributed by atoms with Crippen molar-refractivity contribution in [1.82, 2.24) is 0 Å². The number of benzene rings is 1. The number of rotatable bonds is 7. The summed E-state index contributed by atoms with van der Waals surface area (Å²) in [7, 11) is -8.60. The molecular formula is C16H16BrF3NO6PS. The SMILES string of the molecule is CCOP(=O)(c1ccc(S(=O)(=O)OCC(F)(F)F)cc1)c1cc(Br)cc(C)[n+]1[O-]. The van der Waals surface area contributed by atoms with Gasteiger partial charge in [-0.05, 0) is 31.2 Å². The molecule has 1 atom stereocenters. The molecule has 1 aromatic carbocycles. The highest BCUT2D eigenvalue weighted by Crippen LogP contribution is 2.44. The second-order valence-corrected chi connectivity index (χ2v) is 10.6. The fraction of sp³-hybridized carbons (Fsp3) is 0.312. The minimum absolute atomic E-state index is 0.00350. The van der Waals surface area contributed by atoms with Crippen LogP contribution in [0.4, 0.5) is 13.2 Å². The molecule has 29 heavy (non-hydrogen) atoms. The van der Waals surface area contributed by atoms with E-state index in [-0.39, 0.29) is 23.0 Å². The first-order valence-corrected chi connectivity index (χ1v) is 11.8. The van der Waals surface area contributed by atoms with Gasteiger partial charge in [-0.3, -0.25) is 8.75 Å². The van der Waals surface area contributed by atoms with Crippen molar-refractivity contribution in [2.75, 3.05) is 13.2 Å². The fourth-order valence-corrected chi connectivity index (χ4v) is 6.12. The highest BCUT2D eigenvalue weighted by Gasteiger charge is 2.38. The van der Waals surface area contributed by atoms with E-state index in [1.165, 1.54) is 19.1 Å². The lowest BCUT2D eigenvalue weighted by atomic mass is 10.4. The van der Waals surface area contributed by atoms with E-state index in [1.807, 2.05) is 0 Å². The number of hydrogen-bond acceptors (Lipinski definition) is 6. The van der Waals surface area contributed by atoms with Gasteiger partial charge in [0.1, 0.15) is 0 Å². The van der Waals surface area contributed by atoms with Crippen LogP contribution in [0.15, 0.2) is 45.8 Å². The predicted octanol–water partition coefficient (Wildman–Crippen LogP) is 2.92. The molecule has 0 saturated carbocycles. The topological polar surface area (TPSA) is 96.6 Å². The zero-order valence-electron chi connectivity index (χ0n) is 15.1. The van der Waals surface area contributed by atoms with Gasteiger partial charge in [0.25, 0.3) is 15.6 Å². The number of alkyl halides is 3. The van der Waals surface area contributed by atoms with Crippen LogP contribution in [0.25, 0.3) is 0 Å². The highest BCUT2D eigenvalue weighted by molar-refractivity contribution is 9.10. The Kier molecular flexibility index (Phi) is 7.17. The van der Waals surface area contributed by atoms with Crippen LogP contribution in [-0.4, -0.2) is 27.8 Å². The van der Waals surface area contributed by atoms with Crippen LogP contribution in [0.5, 0.6) is 0 Å². The van der Waals surface area contributed by atoms with E-state index in [9.17, 15) is 31.4 Å². The number of halogens is 4. The molecule has 0 radical (unpaired) electrons. The van der Waals surface area contributed by atoms with E-state index in [4.69, 9.17) is 4.52 Å². The van der Waals surface area contributed by atoms with E-state index in [1.54, 1.807) is 6.92 Å². The van der Waals surface area contributed by atoms with Crippen molar-refractivity contribution in [3.8, 4) is 0 Å². The summed E-state index contributed by atoms with van der Waals surface area (Å²) in [5.41, 5.74) is 0.0594. The molecule has 0 aliphatic heterocycles. The average molecular weight is 518 g/mol. The van der Waals surface area contributed by atoms with E-state index in [2.05, 4.69) is 20.1 Å². The van der Waals surface area contributed by atoms with Crippen molar-refractivity contribution in [1.29, 1.82) is 0 Å². The second kappa shape index (κ2) is 8.73. The molecule has 7 nitrogen and oxygen atoms in total. The molecule has 2 aromatic rings. The number of aryl methyl sites for hydroxylation is 1. The minimum atomic E-state index is -4.82. The number of aromatic nitrogens is 1. The normalized spacial score (nSPS) is 14.6. The Morgan fingerprint density at radius 1 is 1.21 bits per heavy atom. The molecule has 0 amide bonds. The van der Waals surface area contributed by atoms with Crippen LogP contribution < -0.4 is 15.5 Å². The zero-order valence-corrected chi connectivity index (χ0v) is 18.4. The summed E-state index contributed by atoms with van der Waals surface area (Å²) in [5, 5.41) is 12.4. The van der Waals surface area contributed by atoms with Crippen molar-refractivity contribution < 1.29 is 39.6 Å². The largest absolute Gasteiger partial charge is 0.618 e. The van der Waals surface area contributed by atoms with Crippen LogP contribution in [0, 0.1) is 12.1 Å². The lowest BCUT2D eigenvalue weighted by Gasteiger charge is -2.18. The molecule has 0 bridgehead atoms. The molecule has 0 saturated heterocycles. The first kappa shape index (κ1) is 23.8. The summed E-state index contributed by atoms with van der Waals surface area (Å²) in [6, 6.07) is 6.93. The Labute approximate surface area is 173 Å². The molecule has 0 N–H and O–H groups in total. The zero-order chi connectivity index (χ0) is 22.0. The summed E-state index contributed by atoms with van der Waals surface area (Å²) < 4.78 is 84.3. The summed E-state index contributed by atoms with van der Waals surface area (Å²) in [6.45, 7) is 1.08. The van der Waals surface area contributed by atoms with Gasteiger partial charge in [0.15, 0.2) is 12.3 Å². The van der Waals surface area contributed by atoms with E-state index >= 15 is 0 Å². The van der Waals surface area contributed by atoms with E-state index < -0.39 is 35.2 Å². The Hall–Kier alpha value is -1.46. The van der Waals surface area contributed by atoms with Crippen molar-refractivity contribution >= 4 is 44.2 Å². The van der Waals surface area contributed by atoms with Crippen LogP contribution in [0.2, 0.25) is 0 Å². The Balaban J connectivity index is 2.48. The van der Waals surface area contributed by atoms with Gasteiger partial charge in [0.05, 0.1) is 11.5 Å². The van der Waals surface area contributed by atoms with Gasteiger partial charge in [0.2, 0.25) is 0 Å². The van der Waals surface area contributed by atoms with Crippen molar-refractivity contribution in [3.05, 3.63) is 51.8 Å². The molecule has 1 aromatic heterocycles. The van der Waals surface area contributed by atoms with Crippen LogP contribution >= 0.6 is 23.3 Å². The first-order valence-electron chi connectivity index (χ1n) is 8.02. The summed E-state index contributed by atoms with van der Waals surface area (Å²) in [4.78, 5) is -0.561. The second-order valence-electron chi connectivity index (χ2n) is 5.76. The van der Waals surface area contributed by atoms with Gasteiger partial charge in [-0.1, -0.05) is 15.9 Å². The third-order valence-corrected chi connectivity index (χ3v) is 7.85. The monoisotopic (exact) mass is 517 g/mol. The number of hydrogen-bond donors (Lipinski definition) is 0. The molecule has 0 aliphatic carbocycles. The molecular weight excluding hydrogens is 502 g/mol. The van der Waals surface area contributed by atoms with Gasteiger partial charge in [0, 0.05) is 28.8 Å². The summed E-state index contributed by atoms with van der Waals surface area (Å²) >= 11 is 3.22. The fourth-order valence-electron chi connectivity index (χ4n) is 2.34. The van der Waals surface area contributed by atoms with Crippen LogP contribution in [0.1, 0.15) is 12.6 Å². The highest BCUT2D eigenvalue weighted by atomic mass is 79.9. The van der Waals surface area contributed by atoms with Gasteiger partial charge >= 0.3 is 13.5 Å². The molecule has 13 heteroatoms. The van der Waals surface area contributed by atoms with Crippen molar-refractivity contribution in [2.45, 2.75) is 24.9 Å². The minimum Gasteiger partial charge on any atom is -0.618 e. The molecule has 1 heterocycles. The maximum atomic E-state index is 13.6. The lowest BCUT2D eigenvalue weighted by Crippen LogP contribution is -2.48. The molecule has 0 aliphatic rings. The van der Waals surface area contributed by atoms with E-state index in [0.29, 0.717) is 9.20 Å². The van der Waals surface area contributed by atoms with E-state index in [0.717, 1.165) is 24.3 Å². The summed E-state index contributed by atoms with van der Waals surface area (Å²) in [6.07, 6.45) is -4.82.